The van der Waals surface area contributed by atoms with Crippen molar-refractivity contribution in [3.63, 3.8) is 0 Å². The van der Waals surface area contributed by atoms with E-state index in [1.165, 1.54) is 5.56 Å². The number of piperazine rings is 1. The van der Waals surface area contributed by atoms with Gasteiger partial charge in [-0.3, -0.25) is 19.8 Å². The SMILES string of the molecule is CCNC(=O)NC(=O)CN1CCN(C(=O)c2ccc(C(C)C)cc2)CC1. The number of carbonyl (C=O) groups is 3. The van der Waals surface area contributed by atoms with E-state index in [2.05, 4.69) is 24.5 Å². The van der Waals surface area contributed by atoms with E-state index >= 15 is 0 Å². The van der Waals surface area contributed by atoms with Gasteiger partial charge in [-0.25, -0.2) is 4.79 Å². The van der Waals surface area contributed by atoms with E-state index in [4.69, 9.17) is 0 Å². The van der Waals surface area contributed by atoms with Gasteiger partial charge >= 0.3 is 6.03 Å². The molecule has 0 atom stereocenters. The van der Waals surface area contributed by atoms with Crippen LogP contribution in [-0.2, 0) is 4.79 Å². The second kappa shape index (κ2) is 9.33. The molecule has 142 valence electrons. The topological polar surface area (TPSA) is 81.8 Å². The van der Waals surface area contributed by atoms with Gasteiger partial charge in [-0.1, -0.05) is 26.0 Å². The summed E-state index contributed by atoms with van der Waals surface area (Å²) in [5.41, 5.74) is 1.90. The van der Waals surface area contributed by atoms with Gasteiger partial charge in [-0.05, 0) is 30.5 Å². The van der Waals surface area contributed by atoms with Gasteiger partial charge < -0.3 is 10.2 Å². The molecule has 4 amide bonds. The zero-order chi connectivity index (χ0) is 19.1. The number of amides is 4. The van der Waals surface area contributed by atoms with Crippen molar-refractivity contribution in [1.29, 1.82) is 0 Å². The molecular formula is C19H28N4O3. The molecule has 0 spiro atoms. The van der Waals surface area contributed by atoms with Crippen LogP contribution < -0.4 is 10.6 Å². The zero-order valence-electron chi connectivity index (χ0n) is 15.7. The highest BCUT2D eigenvalue weighted by Gasteiger charge is 2.23. The summed E-state index contributed by atoms with van der Waals surface area (Å²) in [4.78, 5) is 39.5. The minimum atomic E-state index is -0.476. The van der Waals surface area contributed by atoms with Gasteiger partial charge in [0, 0.05) is 38.3 Å². The van der Waals surface area contributed by atoms with E-state index in [9.17, 15) is 14.4 Å². The zero-order valence-corrected chi connectivity index (χ0v) is 15.7. The third-order valence-corrected chi connectivity index (χ3v) is 4.44. The summed E-state index contributed by atoms with van der Waals surface area (Å²) < 4.78 is 0. The van der Waals surface area contributed by atoms with Crippen LogP contribution >= 0.6 is 0 Å². The summed E-state index contributed by atoms with van der Waals surface area (Å²) in [5.74, 6) is 0.125. The van der Waals surface area contributed by atoms with Crippen LogP contribution in [0.15, 0.2) is 24.3 Å². The normalized spacial score (nSPS) is 15.0. The highest BCUT2D eigenvalue weighted by molar-refractivity contribution is 5.95. The maximum atomic E-state index is 12.6. The van der Waals surface area contributed by atoms with Crippen molar-refractivity contribution in [2.45, 2.75) is 26.7 Å². The molecule has 1 heterocycles. The maximum Gasteiger partial charge on any atom is 0.321 e. The fraction of sp³-hybridized carbons (Fsp3) is 0.526. The second-order valence-electron chi connectivity index (χ2n) is 6.75. The molecule has 0 aliphatic carbocycles. The largest absolute Gasteiger partial charge is 0.338 e. The Kier molecular flexibility index (Phi) is 7.15. The predicted octanol–water partition coefficient (Wildman–Crippen LogP) is 1.41. The lowest BCUT2D eigenvalue weighted by atomic mass is 10.0. The Morgan fingerprint density at radius 1 is 1.04 bits per heavy atom. The molecule has 7 heteroatoms. The van der Waals surface area contributed by atoms with Crippen LogP contribution in [0.4, 0.5) is 4.79 Å². The van der Waals surface area contributed by atoms with Gasteiger partial charge in [-0.15, -0.1) is 0 Å². The number of urea groups is 1. The molecule has 1 aliphatic heterocycles. The lowest BCUT2D eigenvalue weighted by Crippen LogP contribution is -2.52. The lowest BCUT2D eigenvalue weighted by molar-refractivity contribution is -0.121. The number of imide groups is 1. The van der Waals surface area contributed by atoms with E-state index < -0.39 is 6.03 Å². The Bertz CT molecular complexity index is 635. The van der Waals surface area contributed by atoms with Gasteiger partial charge in [-0.2, -0.15) is 0 Å². The summed E-state index contributed by atoms with van der Waals surface area (Å²) in [6.07, 6.45) is 0. The van der Waals surface area contributed by atoms with E-state index in [1.54, 1.807) is 6.92 Å². The summed E-state index contributed by atoms with van der Waals surface area (Å²) in [6.45, 7) is 9.02. The summed E-state index contributed by atoms with van der Waals surface area (Å²) in [6, 6.07) is 7.28. The standard InChI is InChI=1S/C19H28N4O3/c1-4-20-19(26)21-17(24)13-22-9-11-23(12-10-22)18(25)16-7-5-15(6-8-16)14(2)3/h5-8,14H,4,9-13H2,1-3H3,(H2,20,21,24,26). The Morgan fingerprint density at radius 3 is 2.19 bits per heavy atom. The monoisotopic (exact) mass is 360 g/mol. The highest BCUT2D eigenvalue weighted by Crippen LogP contribution is 2.16. The van der Waals surface area contributed by atoms with Crippen LogP contribution in [-0.4, -0.2) is 66.9 Å². The Balaban J connectivity index is 1.81. The van der Waals surface area contributed by atoms with Crippen molar-refractivity contribution in [2.75, 3.05) is 39.3 Å². The number of carbonyl (C=O) groups excluding carboxylic acids is 3. The van der Waals surface area contributed by atoms with Crippen molar-refractivity contribution < 1.29 is 14.4 Å². The average Bonchev–Trinajstić information content (AvgIpc) is 2.62. The Hall–Kier alpha value is -2.41. The first-order chi connectivity index (χ1) is 12.4. The molecular weight excluding hydrogens is 332 g/mol. The number of hydrogen-bond donors (Lipinski definition) is 2. The Labute approximate surface area is 154 Å². The van der Waals surface area contributed by atoms with Gasteiger partial charge in [0.1, 0.15) is 0 Å². The Morgan fingerprint density at radius 2 is 1.65 bits per heavy atom. The maximum absolute atomic E-state index is 12.6. The fourth-order valence-corrected chi connectivity index (χ4v) is 2.88. The molecule has 0 bridgehead atoms. The second-order valence-corrected chi connectivity index (χ2v) is 6.75. The van der Waals surface area contributed by atoms with Crippen LogP contribution in [0.2, 0.25) is 0 Å². The first-order valence-corrected chi connectivity index (χ1v) is 9.10. The smallest absolute Gasteiger partial charge is 0.321 e. The molecule has 2 rings (SSSR count). The van der Waals surface area contributed by atoms with Crippen LogP contribution in [0.3, 0.4) is 0 Å². The van der Waals surface area contributed by atoms with Crippen LogP contribution in [0.25, 0.3) is 0 Å². The lowest BCUT2D eigenvalue weighted by Gasteiger charge is -2.34. The molecule has 1 aromatic carbocycles. The molecule has 0 saturated carbocycles. The van der Waals surface area contributed by atoms with Crippen molar-refractivity contribution in [1.82, 2.24) is 20.4 Å². The third-order valence-electron chi connectivity index (χ3n) is 4.44. The number of rotatable bonds is 5. The fourth-order valence-electron chi connectivity index (χ4n) is 2.88. The molecule has 0 aromatic heterocycles. The van der Waals surface area contributed by atoms with Gasteiger partial charge in [0.05, 0.1) is 6.54 Å². The molecule has 1 aliphatic rings. The van der Waals surface area contributed by atoms with Gasteiger partial charge in [0.2, 0.25) is 5.91 Å². The molecule has 2 N–H and O–H groups in total. The summed E-state index contributed by atoms with van der Waals surface area (Å²) >= 11 is 0. The molecule has 1 fully saturated rings. The van der Waals surface area contributed by atoms with Gasteiger partial charge in [0.15, 0.2) is 0 Å². The predicted molar refractivity (Wildman–Crippen MR) is 100 cm³/mol. The first kappa shape index (κ1) is 19.9. The van der Waals surface area contributed by atoms with E-state index in [0.29, 0.717) is 44.2 Å². The molecule has 0 unspecified atom stereocenters. The third kappa shape index (κ3) is 5.56. The van der Waals surface area contributed by atoms with Crippen molar-refractivity contribution in [3.05, 3.63) is 35.4 Å². The number of nitrogens with zero attached hydrogens (tertiary/aromatic N) is 2. The summed E-state index contributed by atoms with van der Waals surface area (Å²) in [7, 11) is 0. The quantitative estimate of drug-likeness (QED) is 0.832. The van der Waals surface area contributed by atoms with Crippen LogP contribution in [0.5, 0.6) is 0 Å². The van der Waals surface area contributed by atoms with E-state index in [-0.39, 0.29) is 18.4 Å². The van der Waals surface area contributed by atoms with Crippen molar-refractivity contribution in [3.8, 4) is 0 Å². The van der Waals surface area contributed by atoms with Gasteiger partial charge in [0.25, 0.3) is 5.91 Å². The minimum Gasteiger partial charge on any atom is -0.338 e. The van der Waals surface area contributed by atoms with Crippen molar-refractivity contribution >= 4 is 17.8 Å². The molecule has 7 nitrogen and oxygen atoms in total. The first-order valence-electron chi connectivity index (χ1n) is 9.10. The number of benzene rings is 1. The van der Waals surface area contributed by atoms with Crippen LogP contribution in [0.1, 0.15) is 42.6 Å². The average molecular weight is 360 g/mol. The molecule has 26 heavy (non-hydrogen) atoms. The molecule has 1 aromatic rings. The summed E-state index contributed by atoms with van der Waals surface area (Å²) in [5, 5.41) is 4.81. The minimum absolute atomic E-state index is 0.0201. The molecule has 0 radical (unpaired) electrons. The van der Waals surface area contributed by atoms with Crippen LogP contribution in [0, 0.1) is 0 Å². The van der Waals surface area contributed by atoms with Crippen molar-refractivity contribution in [2.24, 2.45) is 0 Å². The highest BCUT2D eigenvalue weighted by atomic mass is 16.2. The number of nitrogens with one attached hydrogen (secondary N) is 2. The van der Waals surface area contributed by atoms with E-state index in [1.807, 2.05) is 34.1 Å². The molecule has 1 saturated heterocycles. The van der Waals surface area contributed by atoms with E-state index in [0.717, 1.165) is 0 Å². The number of hydrogen-bond acceptors (Lipinski definition) is 4.